The molecule has 0 radical (unpaired) electrons. The maximum absolute atomic E-state index is 12.9. The first kappa shape index (κ1) is 64.6. The van der Waals surface area contributed by atoms with E-state index in [2.05, 4.69) is 106 Å². The van der Waals surface area contributed by atoms with Crippen LogP contribution in [0, 0.1) is 0 Å². The van der Waals surface area contributed by atoms with Gasteiger partial charge in [-0.2, -0.15) is 0 Å². The van der Waals surface area contributed by atoms with Crippen LogP contribution in [0.25, 0.3) is 0 Å². The van der Waals surface area contributed by atoms with Crippen LogP contribution < -0.4 is 0 Å². The van der Waals surface area contributed by atoms with Gasteiger partial charge >= 0.3 is 17.9 Å². The highest BCUT2D eigenvalue weighted by Gasteiger charge is 2.19. The van der Waals surface area contributed by atoms with Gasteiger partial charge in [0.2, 0.25) is 0 Å². The molecule has 390 valence electrons. The Hall–Kier alpha value is -3.41. The summed E-state index contributed by atoms with van der Waals surface area (Å²) in [6.45, 7) is 6.47. The molecule has 0 heterocycles. The fraction of sp³-hybridized carbons (Fsp3) is 0.726. The lowest BCUT2D eigenvalue weighted by atomic mass is 10.1. The van der Waals surface area contributed by atoms with Crippen LogP contribution in [0.4, 0.5) is 0 Å². The standard InChI is InChI=1S/C62H106O6/c1-4-7-10-13-16-19-22-25-28-31-34-37-40-43-46-49-52-55-61(64)67-58-59(57-66-60(63)54-51-48-45-42-39-36-33-30-27-24-21-18-15-12-9-6-3)68-62(65)56-53-50-47-44-41-38-35-32-29-26-23-20-17-14-11-8-5-2/h7,10,16-17,19-21,24-26,28-30,33,59H,4-6,8-9,11-15,18,22-23,27,31-32,34-58H2,1-3H3/b10-7-,19-16-,20-17-,24-21-,28-25-,29-26-,33-30-. The molecule has 0 aliphatic rings. The first-order valence-electron chi connectivity index (χ1n) is 28.6. The molecular weight excluding hydrogens is 841 g/mol. The number of hydrogen-bond donors (Lipinski definition) is 0. The predicted molar refractivity (Wildman–Crippen MR) is 293 cm³/mol. The normalized spacial score (nSPS) is 12.7. The van der Waals surface area contributed by atoms with E-state index in [1.165, 1.54) is 116 Å². The third kappa shape index (κ3) is 53.5. The summed E-state index contributed by atoms with van der Waals surface area (Å²) >= 11 is 0. The van der Waals surface area contributed by atoms with Crippen molar-refractivity contribution in [2.75, 3.05) is 13.2 Å². The van der Waals surface area contributed by atoms with Gasteiger partial charge in [0.25, 0.3) is 0 Å². The largest absolute Gasteiger partial charge is 0.462 e. The molecule has 0 aromatic heterocycles. The van der Waals surface area contributed by atoms with Crippen molar-refractivity contribution in [3.05, 3.63) is 85.1 Å². The molecule has 0 aromatic rings. The zero-order chi connectivity index (χ0) is 49.3. The number of carbonyl (C=O) groups excluding carboxylic acids is 3. The highest BCUT2D eigenvalue weighted by atomic mass is 16.6. The van der Waals surface area contributed by atoms with Gasteiger partial charge in [0.1, 0.15) is 13.2 Å². The maximum atomic E-state index is 12.9. The quantitative estimate of drug-likeness (QED) is 0.0262. The number of esters is 3. The number of allylic oxidation sites excluding steroid dienone is 14. The predicted octanol–water partition coefficient (Wildman–Crippen LogP) is 19.2. The van der Waals surface area contributed by atoms with Gasteiger partial charge in [-0.3, -0.25) is 14.4 Å². The fourth-order valence-corrected chi connectivity index (χ4v) is 7.81. The first-order chi connectivity index (χ1) is 33.5. The van der Waals surface area contributed by atoms with Crippen molar-refractivity contribution in [2.24, 2.45) is 0 Å². The average Bonchev–Trinajstić information content (AvgIpc) is 3.34. The van der Waals surface area contributed by atoms with Crippen molar-refractivity contribution in [3.63, 3.8) is 0 Å². The van der Waals surface area contributed by atoms with E-state index >= 15 is 0 Å². The van der Waals surface area contributed by atoms with Crippen molar-refractivity contribution in [1.82, 2.24) is 0 Å². The minimum absolute atomic E-state index is 0.0897. The van der Waals surface area contributed by atoms with Gasteiger partial charge < -0.3 is 14.2 Å². The molecular formula is C62H106O6. The van der Waals surface area contributed by atoms with Crippen LogP contribution in [0.1, 0.15) is 271 Å². The molecule has 0 aliphatic heterocycles. The van der Waals surface area contributed by atoms with Gasteiger partial charge in [0.05, 0.1) is 0 Å². The third-order valence-electron chi connectivity index (χ3n) is 12.1. The van der Waals surface area contributed by atoms with Gasteiger partial charge in [-0.15, -0.1) is 0 Å². The molecule has 0 aromatic carbocycles. The first-order valence-corrected chi connectivity index (χ1v) is 28.6. The van der Waals surface area contributed by atoms with E-state index in [1.807, 2.05) is 0 Å². The highest BCUT2D eigenvalue weighted by molar-refractivity contribution is 5.71. The number of hydrogen-bond acceptors (Lipinski definition) is 6. The van der Waals surface area contributed by atoms with Crippen molar-refractivity contribution in [2.45, 2.75) is 277 Å². The van der Waals surface area contributed by atoms with Crippen LogP contribution in [-0.4, -0.2) is 37.2 Å². The molecule has 6 heteroatoms. The van der Waals surface area contributed by atoms with E-state index < -0.39 is 6.10 Å². The maximum Gasteiger partial charge on any atom is 0.306 e. The molecule has 6 nitrogen and oxygen atoms in total. The van der Waals surface area contributed by atoms with Crippen molar-refractivity contribution >= 4 is 17.9 Å². The lowest BCUT2D eigenvalue weighted by molar-refractivity contribution is -0.167. The molecule has 0 bridgehead atoms. The Morgan fingerprint density at radius 2 is 0.574 bits per heavy atom. The smallest absolute Gasteiger partial charge is 0.306 e. The summed E-state index contributed by atoms with van der Waals surface area (Å²) < 4.78 is 16.9. The van der Waals surface area contributed by atoms with Gasteiger partial charge in [-0.1, -0.05) is 221 Å². The second-order valence-corrected chi connectivity index (χ2v) is 18.8. The van der Waals surface area contributed by atoms with E-state index in [1.54, 1.807) is 0 Å². The van der Waals surface area contributed by atoms with Gasteiger partial charge in [-0.25, -0.2) is 0 Å². The fourth-order valence-electron chi connectivity index (χ4n) is 7.81. The SMILES string of the molecule is CC/C=C\C/C=C\C/C=C\CCCCCCCCCC(=O)OCC(COC(=O)CCCCCCC/C=C\C/C=C\CCCCCC)OC(=O)CCCCCCCCC/C=C\C/C=C\CCCCC. The molecule has 1 atom stereocenters. The Bertz CT molecular complexity index is 1320. The summed E-state index contributed by atoms with van der Waals surface area (Å²) in [6.07, 6.45) is 72.8. The van der Waals surface area contributed by atoms with E-state index in [9.17, 15) is 14.4 Å². The average molecular weight is 948 g/mol. The molecule has 0 aliphatic carbocycles. The molecule has 0 spiro atoms. The Morgan fingerprint density at radius 1 is 0.309 bits per heavy atom. The van der Waals surface area contributed by atoms with E-state index in [4.69, 9.17) is 14.2 Å². The van der Waals surface area contributed by atoms with Crippen LogP contribution in [0.15, 0.2) is 85.1 Å². The van der Waals surface area contributed by atoms with Gasteiger partial charge in [0.15, 0.2) is 6.10 Å². The Morgan fingerprint density at radius 3 is 0.926 bits per heavy atom. The zero-order valence-electron chi connectivity index (χ0n) is 44.6. The van der Waals surface area contributed by atoms with E-state index in [-0.39, 0.29) is 31.1 Å². The third-order valence-corrected chi connectivity index (χ3v) is 12.1. The number of rotatable bonds is 51. The van der Waals surface area contributed by atoms with Crippen molar-refractivity contribution < 1.29 is 28.6 Å². The Labute approximate surface area is 420 Å². The molecule has 0 N–H and O–H groups in total. The summed E-state index contributed by atoms with van der Waals surface area (Å²) in [5.41, 5.74) is 0. The molecule has 0 rings (SSSR count). The monoisotopic (exact) mass is 947 g/mol. The molecule has 0 amide bonds. The number of carbonyl (C=O) groups is 3. The van der Waals surface area contributed by atoms with Crippen molar-refractivity contribution in [3.8, 4) is 0 Å². The molecule has 0 saturated carbocycles. The lowest BCUT2D eigenvalue weighted by Gasteiger charge is -2.18. The number of unbranched alkanes of at least 4 members (excludes halogenated alkanes) is 26. The lowest BCUT2D eigenvalue weighted by Crippen LogP contribution is -2.30. The molecule has 1 unspecified atom stereocenters. The highest BCUT2D eigenvalue weighted by Crippen LogP contribution is 2.14. The topological polar surface area (TPSA) is 78.9 Å². The molecule has 0 fully saturated rings. The van der Waals surface area contributed by atoms with E-state index in [0.29, 0.717) is 19.3 Å². The summed E-state index contributed by atoms with van der Waals surface area (Å²) in [7, 11) is 0. The van der Waals surface area contributed by atoms with Crippen LogP contribution >= 0.6 is 0 Å². The summed E-state index contributed by atoms with van der Waals surface area (Å²) in [5, 5.41) is 0. The summed E-state index contributed by atoms with van der Waals surface area (Å²) in [5.74, 6) is -0.915. The summed E-state index contributed by atoms with van der Waals surface area (Å²) in [4.78, 5) is 38.2. The molecule has 68 heavy (non-hydrogen) atoms. The Balaban J connectivity index is 4.44. The number of ether oxygens (including phenoxy) is 3. The summed E-state index contributed by atoms with van der Waals surface area (Å²) in [6, 6.07) is 0. The zero-order valence-corrected chi connectivity index (χ0v) is 44.6. The Kier molecular flexibility index (Phi) is 53.4. The van der Waals surface area contributed by atoms with Gasteiger partial charge in [0, 0.05) is 19.3 Å². The van der Waals surface area contributed by atoms with E-state index in [0.717, 1.165) is 116 Å². The minimum Gasteiger partial charge on any atom is -0.462 e. The molecule has 0 saturated heterocycles. The second kappa shape index (κ2) is 56.2. The van der Waals surface area contributed by atoms with Crippen LogP contribution in [0.3, 0.4) is 0 Å². The van der Waals surface area contributed by atoms with Crippen LogP contribution in [0.2, 0.25) is 0 Å². The van der Waals surface area contributed by atoms with Crippen LogP contribution in [-0.2, 0) is 28.6 Å². The minimum atomic E-state index is -0.792. The van der Waals surface area contributed by atoms with Crippen LogP contribution in [0.5, 0.6) is 0 Å². The second-order valence-electron chi connectivity index (χ2n) is 18.8. The van der Waals surface area contributed by atoms with Crippen molar-refractivity contribution in [1.29, 1.82) is 0 Å². The van der Waals surface area contributed by atoms with Gasteiger partial charge in [-0.05, 0) is 116 Å².